The van der Waals surface area contributed by atoms with E-state index in [9.17, 15) is 4.79 Å². The van der Waals surface area contributed by atoms with Crippen LogP contribution in [-0.2, 0) is 6.42 Å². The summed E-state index contributed by atoms with van der Waals surface area (Å²) < 4.78 is 0. The maximum absolute atomic E-state index is 11.8. The summed E-state index contributed by atoms with van der Waals surface area (Å²) in [5.41, 5.74) is 2.07. The Kier molecular flexibility index (Phi) is 5.04. The van der Waals surface area contributed by atoms with Gasteiger partial charge in [0.05, 0.1) is 22.5 Å². The third kappa shape index (κ3) is 4.38. The van der Waals surface area contributed by atoms with E-state index in [1.807, 2.05) is 0 Å². The molecule has 4 nitrogen and oxygen atoms in total. The van der Waals surface area contributed by atoms with Gasteiger partial charge in [0.25, 0.3) is 0 Å². The molecule has 0 aliphatic heterocycles. The topological polar surface area (TPSA) is 64.9 Å². The highest BCUT2D eigenvalue weighted by Crippen LogP contribution is 2.25. The van der Waals surface area contributed by atoms with Crippen molar-refractivity contribution >= 4 is 40.6 Å². The second-order valence-corrected chi connectivity index (χ2v) is 5.05. The number of hydrogen-bond acceptors (Lipinski definition) is 2. The van der Waals surface area contributed by atoms with Crippen molar-refractivity contribution in [2.45, 2.75) is 6.42 Å². The van der Waals surface area contributed by atoms with E-state index in [0.717, 1.165) is 5.56 Å². The molecule has 0 bridgehead atoms. The Balaban J connectivity index is 1.98. The van der Waals surface area contributed by atoms with Crippen molar-refractivity contribution in [2.24, 2.45) is 0 Å². The van der Waals surface area contributed by atoms with E-state index < -0.39 is 0 Å². The van der Waals surface area contributed by atoms with Gasteiger partial charge in [0.15, 0.2) is 0 Å². The summed E-state index contributed by atoms with van der Waals surface area (Å²) >= 11 is 11.7. The van der Waals surface area contributed by atoms with E-state index >= 15 is 0 Å². The van der Waals surface area contributed by atoms with Gasteiger partial charge in [-0.3, -0.25) is 0 Å². The van der Waals surface area contributed by atoms with Crippen LogP contribution in [0.2, 0.25) is 10.0 Å². The Labute approximate surface area is 132 Å². The quantitative estimate of drug-likeness (QED) is 0.860. The highest BCUT2D eigenvalue weighted by atomic mass is 35.5. The van der Waals surface area contributed by atoms with Gasteiger partial charge in [0.1, 0.15) is 0 Å². The van der Waals surface area contributed by atoms with E-state index in [4.69, 9.17) is 28.5 Å². The maximum atomic E-state index is 11.8. The molecule has 0 spiro atoms. The zero-order valence-electron chi connectivity index (χ0n) is 10.9. The van der Waals surface area contributed by atoms with E-state index in [1.165, 1.54) is 0 Å². The fraction of sp³-hybridized carbons (Fsp3) is 0.0667. The molecule has 0 radical (unpaired) electrons. The van der Waals surface area contributed by atoms with Crippen LogP contribution >= 0.6 is 23.2 Å². The Morgan fingerprint density at radius 3 is 2.24 bits per heavy atom. The number of nitrogens with one attached hydrogen (secondary N) is 2. The first-order chi connectivity index (χ1) is 10.1. The van der Waals surface area contributed by atoms with Gasteiger partial charge in [0, 0.05) is 11.4 Å². The maximum Gasteiger partial charge on any atom is 0.323 e. The molecule has 6 heteroatoms. The summed E-state index contributed by atoms with van der Waals surface area (Å²) in [7, 11) is 0. The number of nitriles is 1. The Morgan fingerprint density at radius 2 is 1.62 bits per heavy atom. The summed E-state index contributed by atoms with van der Waals surface area (Å²) in [5, 5.41) is 14.7. The number of urea groups is 1. The van der Waals surface area contributed by atoms with E-state index in [2.05, 4.69) is 16.7 Å². The lowest BCUT2D eigenvalue weighted by atomic mass is 10.1. The lowest BCUT2D eigenvalue weighted by Crippen LogP contribution is -2.19. The minimum atomic E-state index is -0.388. The average molecular weight is 320 g/mol. The summed E-state index contributed by atoms with van der Waals surface area (Å²) in [6.07, 6.45) is 0.343. The number of carbonyl (C=O) groups excluding carboxylic acids is 1. The van der Waals surface area contributed by atoms with Crippen molar-refractivity contribution < 1.29 is 4.79 Å². The van der Waals surface area contributed by atoms with Crippen LogP contribution in [0.25, 0.3) is 0 Å². The third-order valence-electron chi connectivity index (χ3n) is 2.67. The molecule has 106 valence electrons. The number of nitrogens with zero attached hydrogens (tertiary/aromatic N) is 1. The van der Waals surface area contributed by atoms with Gasteiger partial charge >= 0.3 is 6.03 Å². The zero-order valence-corrected chi connectivity index (χ0v) is 12.4. The number of benzene rings is 2. The lowest BCUT2D eigenvalue weighted by molar-refractivity contribution is 0.262. The van der Waals surface area contributed by atoms with Gasteiger partial charge in [-0.1, -0.05) is 35.3 Å². The van der Waals surface area contributed by atoms with Crippen LogP contribution < -0.4 is 10.6 Å². The first-order valence-corrected chi connectivity index (χ1v) is 6.83. The Hall–Kier alpha value is -2.22. The molecule has 0 unspecified atom stereocenters. The molecule has 2 aromatic carbocycles. The number of carbonyl (C=O) groups is 1. The highest BCUT2D eigenvalue weighted by molar-refractivity contribution is 6.42. The van der Waals surface area contributed by atoms with Crippen LogP contribution in [0.1, 0.15) is 5.56 Å². The smallest absolute Gasteiger partial charge is 0.308 e. The van der Waals surface area contributed by atoms with Crippen LogP contribution in [-0.4, -0.2) is 6.03 Å². The van der Waals surface area contributed by atoms with Gasteiger partial charge in [-0.2, -0.15) is 5.26 Å². The van der Waals surface area contributed by atoms with E-state index in [0.29, 0.717) is 27.8 Å². The minimum absolute atomic E-state index is 0.343. The Bertz CT molecular complexity index is 693. The second kappa shape index (κ2) is 6.98. The molecule has 2 N–H and O–H groups in total. The molecule has 0 fully saturated rings. The molecule has 2 aromatic rings. The van der Waals surface area contributed by atoms with Crippen LogP contribution in [0.5, 0.6) is 0 Å². The summed E-state index contributed by atoms with van der Waals surface area (Å²) in [5.74, 6) is 0. The van der Waals surface area contributed by atoms with Crippen molar-refractivity contribution in [1.82, 2.24) is 0 Å². The van der Waals surface area contributed by atoms with Gasteiger partial charge in [-0.25, -0.2) is 4.79 Å². The van der Waals surface area contributed by atoms with Gasteiger partial charge in [0.2, 0.25) is 0 Å². The third-order valence-corrected chi connectivity index (χ3v) is 3.41. The highest BCUT2D eigenvalue weighted by Gasteiger charge is 2.05. The van der Waals surface area contributed by atoms with Crippen LogP contribution in [0.15, 0.2) is 42.5 Å². The van der Waals surface area contributed by atoms with Gasteiger partial charge < -0.3 is 10.6 Å². The van der Waals surface area contributed by atoms with Crippen LogP contribution in [0.4, 0.5) is 16.2 Å². The van der Waals surface area contributed by atoms with E-state index in [1.54, 1.807) is 42.5 Å². The first kappa shape index (κ1) is 15.2. The van der Waals surface area contributed by atoms with E-state index in [-0.39, 0.29) is 6.03 Å². The number of halogens is 2. The van der Waals surface area contributed by atoms with Crippen molar-refractivity contribution in [3.05, 3.63) is 58.1 Å². The summed E-state index contributed by atoms with van der Waals surface area (Å²) in [6.45, 7) is 0. The molecule has 2 rings (SSSR count). The SMILES string of the molecule is N#CCc1ccc(NC(=O)Nc2ccc(Cl)c(Cl)c2)cc1. The van der Waals surface area contributed by atoms with Gasteiger partial charge in [-0.05, 0) is 35.9 Å². The first-order valence-electron chi connectivity index (χ1n) is 6.07. The molecule has 0 saturated carbocycles. The number of anilines is 2. The van der Waals surface area contributed by atoms with Gasteiger partial charge in [-0.15, -0.1) is 0 Å². The number of rotatable bonds is 3. The second-order valence-electron chi connectivity index (χ2n) is 4.24. The lowest BCUT2D eigenvalue weighted by Gasteiger charge is -2.08. The molecule has 0 atom stereocenters. The Morgan fingerprint density at radius 1 is 1.00 bits per heavy atom. The molecule has 0 aromatic heterocycles. The monoisotopic (exact) mass is 319 g/mol. The normalized spacial score (nSPS) is 9.76. The van der Waals surface area contributed by atoms with Crippen LogP contribution in [0.3, 0.4) is 0 Å². The van der Waals surface area contributed by atoms with Crippen molar-refractivity contribution in [3.63, 3.8) is 0 Å². The predicted molar refractivity (Wildman–Crippen MR) is 84.9 cm³/mol. The van der Waals surface area contributed by atoms with Crippen molar-refractivity contribution in [2.75, 3.05) is 10.6 Å². The number of amides is 2. The molecule has 0 saturated heterocycles. The molecular formula is C15H11Cl2N3O. The molecule has 0 aliphatic carbocycles. The predicted octanol–water partition coefficient (Wildman–Crippen LogP) is 4.70. The summed E-state index contributed by atoms with van der Waals surface area (Å²) in [4.78, 5) is 11.8. The zero-order chi connectivity index (χ0) is 15.2. The molecular weight excluding hydrogens is 309 g/mol. The molecule has 2 amide bonds. The fourth-order valence-electron chi connectivity index (χ4n) is 1.66. The van der Waals surface area contributed by atoms with Crippen molar-refractivity contribution in [1.29, 1.82) is 5.26 Å². The fourth-order valence-corrected chi connectivity index (χ4v) is 1.96. The number of hydrogen-bond donors (Lipinski definition) is 2. The molecule has 21 heavy (non-hydrogen) atoms. The summed E-state index contributed by atoms with van der Waals surface area (Å²) in [6, 6.07) is 13.6. The van der Waals surface area contributed by atoms with Crippen molar-refractivity contribution in [3.8, 4) is 6.07 Å². The largest absolute Gasteiger partial charge is 0.323 e. The van der Waals surface area contributed by atoms with Crippen LogP contribution in [0, 0.1) is 11.3 Å². The molecule has 0 aliphatic rings. The standard InChI is InChI=1S/C15H11Cl2N3O/c16-13-6-5-12(9-14(13)17)20-15(21)19-11-3-1-10(2-4-11)7-8-18/h1-6,9H,7H2,(H2,19,20,21). The molecule has 0 heterocycles. The minimum Gasteiger partial charge on any atom is -0.308 e. The average Bonchev–Trinajstić information content (AvgIpc) is 2.45.